The standard InChI is InChI=1S/C13H14N2O4/c1-2-19-12(17)7-14-13(18)8-3-4-10-9(5-8)6-11(16)15-10/h3-5H,2,6-7H2,1H3,(H,14,18)(H,15,16). The first-order valence-corrected chi connectivity index (χ1v) is 5.96. The highest BCUT2D eigenvalue weighted by molar-refractivity contribution is 6.02. The third-order valence-electron chi connectivity index (χ3n) is 2.69. The van der Waals surface area contributed by atoms with Gasteiger partial charge in [0.05, 0.1) is 13.0 Å². The quantitative estimate of drug-likeness (QED) is 0.773. The molecule has 100 valence electrons. The van der Waals surface area contributed by atoms with Gasteiger partial charge >= 0.3 is 5.97 Å². The zero-order chi connectivity index (χ0) is 13.8. The highest BCUT2D eigenvalue weighted by atomic mass is 16.5. The molecule has 1 aliphatic rings. The Morgan fingerprint density at radius 3 is 2.95 bits per heavy atom. The van der Waals surface area contributed by atoms with Gasteiger partial charge in [0, 0.05) is 11.3 Å². The monoisotopic (exact) mass is 262 g/mol. The summed E-state index contributed by atoms with van der Waals surface area (Å²) in [6.07, 6.45) is 0.272. The maximum absolute atomic E-state index is 11.8. The van der Waals surface area contributed by atoms with Crippen molar-refractivity contribution in [3.63, 3.8) is 0 Å². The molecule has 0 unspecified atom stereocenters. The molecule has 1 aliphatic heterocycles. The van der Waals surface area contributed by atoms with E-state index >= 15 is 0 Å². The number of nitrogens with one attached hydrogen (secondary N) is 2. The Labute approximate surface area is 110 Å². The predicted octanol–water partition coefficient (Wildman–Crippen LogP) is 0.474. The lowest BCUT2D eigenvalue weighted by Gasteiger charge is -2.06. The summed E-state index contributed by atoms with van der Waals surface area (Å²) in [4.78, 5) is 34.1. The number of esters is 1. The molecule has 0 fully saturated rings. The van der Waals surface area contributed by atoms with Crippen LogP contribution in [0.5, 0.6) is 0 Å². The van der Waals surface area contributed by atoms with Crippen LogP contribution in [0, 0.1) is 0 Å². The van der Waals surface area contributed by atoms with Gasteiger partial charge in [0.2, 0.25) is 5.91 Å². The molecule has 0 aliphatic carbocycles. The largest absolute Gasteiger partial charge is 0.465 e. The molecule has 2 amide bonds. The third-order valence-corrected chi connectivity index (χ3v) is 2.69. The lowest BCUT2D eigenvalue weighted by molar-refractivity contribution is -0.141. The fraction of sp³-hybridized carbons (Fsp3) is 0.308. The van der Waals surface area contributed by atoms with Gasteiger partial charge in [-0.05, 0) is 30.7 Å². The third kappa shape index (κ3) is 3.09. The van der Waals surface area contributed by atoms with Crippen LogP contribution in [-0.4, -0.2) is 30.9 Å². The summed E-state index contributed by atoms with van der Waals surface area (Å²) in [7, 11) is 0. The minimum absolute atomic E-state index is 0.0842. The second-order valence-electron chi connectivity index (χ2n) is 4.08. The fourth-order valence-electron chi connectivity index (χ4n) is 1.84. The van der Waals surface area contributed by atoms with Gasteiger partial charge in [-0.1, -0.05) is 0 Å². The molecule has 0 radical (unpaired) electrons. The van der Waals surface area contributed by atoms with Crippen LogP contribution >= 0.6 is 0 Å². The van der Waals surface area contributed by atoms with Crippen LogP contribution in [0.15, 0.2) is 18.2 Å². The molecule has 2 rings (SSSR count). The molecule has 1 aromatic rings. The molecule has 1 heterocycles. The van der Waals surface area contributed by atoms with E-state index in [-0.39, 0.29) is 31.4 Å². The lowest BCUT2D eigenvalue weighted by Crippen LogP contribution is -2.30. The van der Waals surface area contributed by atoms with Crippen LogP contribution in [0.3, 0.4) is 0 Å². The molecule has 0 spiro atoms. The maximum Gasteiger partial charge on any atom is 0.325 e. The predicted molar refractivity (Wildman–Crippen MR) is 67.7 cm³/mol. The van der Waals surface area contributed by atoms with Gasteiger partial charge < -0.3 is 15.4 Å². The average Bonchev–Trinajstić information content (AvgIpc) is 2.75. The molecule has 0 saturated heterocycles. The topological polar surface area (TPSA) is 84.5 Å². The van der Waals surface area contributed by atoms with Crippen molar-refractivity contribution in [2.45, 2.75) is 13.3 Å². The minimum Gasteiger partial charge on any atom is -0.465 e. The Bertz CT molecular complexity index is 539. The van der Waals surface area contributed by atoms with E-state index in [4.69, 9.17) is 4.74 Å². The number of carbonyl (C=O) groups is 3. The smallest absolute Gasteiger partial charge is 0.325 e. The zero-order valence-corrected chi connectivity index (χ0v) is 10.5. The molecule has 1 aromatic carbocycles. The van der Waals surface area contributed by atoms with Gasteiger partial charge in [-0.15, -0.1) is 0 Å². The van der Waals surface area contributed by atoms with E-state index in [0.717, 1.165) is 11.3 Å². The van der Waals surface area contributed by atoms with Crippen LogP contribution in [0.25, 0.3) is 0 Å². The summed E-state index contributed by atoms with van der Waals surface area (Å²) < 4.78 is 4.71. The highest BCUT2D eigenvalue weighted by Gasteiger charge is 2.19. The van der Waals surface area contributed by atoms with Crippen molar-refractivity contribution in [1.29, 1.82) is 0 Å². The van der Waals surface area contributed by atoms with Crippen LogP contribution in [0.4, 0.5) is 5.69 Å². The SMILES string of the molecule is CCOC(=O)CNC(=O)c1ccc2c(c1)CC(=O)N2. The number of anilines is 1. The number of hydrogen-bond acceptors (Lipinski definition) is 4. The molecule has 19 heavy (non-hydrogen) atoms. The number of fused-ring (bicyclic) bond motifs is 1. The van der Waals surface area contributed by atoms with E-state index in [1.807, 2.05) is 0 Å². The van der Waals surface area contributed by atoms with Crippen molar-refractivity contribution in [3.8, 4) is 0 Å². The first-order valence-electron chi connectivity index (χ1n) is 5.96. The van der Waals surface area contributed by atoms with E-state index in [2.05, 4.69) is 10.6 Å². The molecular formula is C13H14N2O4. The summed E-state index contributed by atoms with van der Waals surface area (Å²) in [5.74, 6) is -0.928. The summed E-state index contributed by atoms with van der Waals surface area (Å²) in [6, 6.07) is 4.93. The second kappa shape index (κ2) is 5.51. The van der Waals surface area contributed by atoms with E-state index in [1.54, 1.807) is 25.1 Å². The van der Waals surface area contributed by atoms with Crippen LogP contribution in [-0.2, 0) is 20.7 Å². The molecule has 2 N–H and O–H groups in total. The number of ether oxygens (including phenoxy) is 1. The first-order chi connectivity index (χ1) is 9.10. The molecule has 0 bridgehead atoms. The number of amides is 2. The highest BCUT2D eigenvalue weighted by Crippen LogP contribution is 2.23. The normalized spacial score (nSPS) is 12.6. The fourth-order valence-corrected chi connectivity index (χ4v) is 1.84. The number of rotatable bonds is 4. The van der Waals surface area contributed by atoms with Crippen molar-refractivity contribution >= 4 is 23.5 Å². The van der Waals surface area contributed by atoms with Gasteiger partial charge in [-0.2, -0.15) is 0 Å². The Hall–Kier alpha value is -2.37. The summed E-state index contributed by atoms with van der Waals surface area (Å²) >= 11 is 0. The first kappa shape index (κ1) is 13.1. The lowest BCUT2D eigenvalue weighted by atomic mass is 10.1. The Balaban J connectivity index is 1.99. The summed E-state index contributed by atoms with van der Waals surface area (Å²) in [5.41, 5.74) is 1.93. The second-order valence-corrected chi connectivity index (χ2v) is 4.08. The van der Waals surface area contributed by atoms with Crippen molar-refractivity contribution in [1.82, 2.24) is 5.32 Å². The Morgan fingerprint density at radius 2 is 2.21 bits per heavy atom. The van der Waals surface area contributed by atoms with Gasteiger partial charge in [0.1, 0.15) is 6.54 Å². The maximum atomic E-state index is 11.8. The minimum atomic E-state index is -0.478. The number of benzene rings is 1. The molecule has 0 aromatic heterocycles. The molecule has 0 saturated carbocycles. The summed E-state index contributed by atoms with van der Waals surface area (Å²) in [5, 5.41) is 5.15. The van der Waals surface area contributed by atoms with Gasteiger partial charge in [0.25, 0.3) is 5.91 Å². The molecule has 6 heteroatoms. The van der Waals surface area contributed by atoms with Crippen molar-refractivity contribution in [2.75, 3.05) is 18.5 Å². The Morgan fingerprint density at radius 1 is 1.42 bits per heavy atom. The van der Waals surface area contributed by atoms with Crippen molar-refractivity contribution in [3.05, 3.63) is 29.3 Å². The Kier molecular flexibility index (Phi) is 3.79. The molecule has 6 nitrogen and oxygen atoms in total. The van der Waals surface area contributed by atoms with E-state index in [1.165, 1.54) is 0 Å². The number of carbonyl (C=O) groups excluding carboxylic acids is 3. The summed E-state index contributed by atoms with van der Waals surface area (Å²) in [6.45, 7) is 1.81. The van der Waals surface area contributed by atoms with Gasteiger partial charge in [-0.25, -0.2) is 0 Å². The van der Waals surface area contributed by atoms with E-state index < -0.39 is 5.97 Å². The molecular weight excluding hydrogens is 248 g/mol. The van der Waals surface area contributed by atoms with Crippen molar-refractivity contribution in [2.24, 2.45) is 0 Å². The van der Waals surface area contributed by atoms with E-state index in [9.17, 15) is 14.4 Å². The van der Waals surface area contributed by atoms with Gasteiger partial charge in [0.15, 0.2) is 0 Å². The van der Waals surface area contributed by atoms with Crippen LogP contribution in [0.1, 0.15) is 22.8 Å². The zero-order valence-electron chi connectivity index (χ0n) is 10.5. The van der Waals surface area contributed by atoms with Crippen LogP contribution in [0.2, 0.25) is 0 Å². The van der Waals surface area contributed by atoms with Crippen LogP contribution < -0.4 is 10.6 Å². The average molecular weight is 262 g/mol. The van der Waals surface area contributed by atoms with E-state index in [0.29, 0.717) is 5.56 Å². The van der Waals surface area contributed by atoms with Gasteiger partial charge in [-0.3, -0.25) is 14.4 Å². The number of hydrogen-bond donors (Lipinski definition) is 2. The molecule has 0 atom stereocenters. The van der Waals surface area contributed by atoms with Crippen molar-refractivity contribution < 1.29 is 19.1 Å².